The Morgan fingerprint density at radius 2 is 2.08 bits per heavy atom. The summed E-state index contributed by atoms with van der Waals surface area (Å²) in [6.45, 7) is 2.95. The maximum atomic E-state index is 13.3. The van der Waals surface area contributed by atoms with E-state index in [2.05, 4.69) is 10.2 Å². The van der Waals surface area contributed by atoms with E-state index in [1.165, 1.54) is 0 Å². The highest BCUT2D eigenvalue weighted by Crippen LogP contribution is 2.46. The Kier molecular flexibility index (Phi) is 4.53. The fraction of sp³-hybridized carbons (Fsp3) is 0.500. The van der Waals surface area contributed by atoms with Gasteiger partial charge in [-0.15, -0.1) is 0 Å². The molecule has 1 saturated heterocycles. The smallest absolute Gasteiger partial charge is 0.233 e. The van der Waals surface area contributed by atoms with Crippen LogP contribution in [0.4, 0.5) is 0 Å². The summed E-state index contributed by atoms with van der Waals surface area (Å²) in [5.41, 5.74) is 2.55. The van der Waals surface area contributed by atoms with Gasteiger partial charge in [0, 0.05) is 29.7 Å². The van der Waals surface area contributed by atoms with E-state index >= 15 is 0 Å². The average molecular weight is 374 g/mol. The molecule has 6 heteroatoms. The number of aromatic amines is 1. The molecule has 5 nitrogen and oxygen atoms in total. The molecule has 2 N–H and O–H groups in total. The van der Waals surface area contributed by atoms with E-state index in [1.54, 1.807) is 0 Å². The van der Waals surface area contributed by atoms with Crippen LogP contribution in [0.25, 0.3) is 0 Å². The minimum atomic E-state index is -0.502. The number of nitrogens with zero attached hydrogens (tertiary/aromatic N) is 2. The third-order valence-corrected chi connectivity index (χ3v) is 6.19. The Morgan fingerprint density at radius 1 is 1.35 bits per heavy atom. The highest BCUT2D eigenvalue weighted by molar-refractivity contribution is 6.30. The van der Waals surface area contributed by atoms with Gasteiger partial charge in [0.25, 0.3) is 0 Å². The number of amides is 1. The van der Waals surface area contributed by atoms with Crippen LogP contribution in [0.2, 0.25) is 5.02 Å². The Hall–Kier alpha value is -1.85. The molecule has 0 bridgehead atoms. The molecule has 4 rings (SSSR count). The number of likely N-dealkylation sites (tertiary alicyclic amines) is 1. The maximum Gasteiger partial charge on any atom is 0.233 e. The molecular formula is C20H24ClN3O2. The van der Waals surface area contributed by atoms with Gasteiger partial charge in [-0.25, -0.2) is 0 Å². The number of aliphatic hydroxyl groups excluding tert-OH is 1. The second kappa shape index (κ2) is 6.71. The number of nitrogens with one attached hydrogen (secondary N) is 1. The maximum absolute atomic E-state index is 13.3. The zero-order chi connectivity index (χ0) is 18.3. The number of halogens is 1. The van der Waals surface area contributed by atoms with E-state index in [0.29, 0.717) is 24.5 Å². The number of hydrogen-bond donors (Lipinski definition) is 2. The van der Waals surface area contributed by atoms with Gasteiger partial charge in [0.15, 0.2) is 0 Å². The van der Waals surface area contributed by atoms with E-state index in [0.717, 1.165) is 36.2 Å². The van der Waals surface area contributed by atoms with Crippen molar-refractivity contribution in [1.29, 1.82) is 0 Å². The summed E-state index contributed by atoms with van der Waals surface area (Å²) in [6, 6.07) is 9.64. The summed E-state index contributed by atoms with van der Waals surface area (Å²) in [5, 5.41) is 18.4. The first-order valence-electron chi connectivity index (χ1n) is 9.22. The summed E-state index contributed by atoms with van der Waals surface area (Å²) in [5.74, 6) is 0.176. The van der Waals surface area contributed by atoms with Gasteiger partial charge in [0.05, 0.1) is 17.2 Å². The third-order valence-electron chi connectivity index (χ3n) is 5.94. The molecule has 0 radical (unpaired) electrons. The molecule has 2 heterocycles. The molecule has 138 valence electrons. The topological polar surface area (TPSA) is 69.2 Å². The third kappa shape index (κ3) is 3.03. The number of aromatic nitrogens is 2. The molecule has 2 atom stereocenters. The minimum absolute atomic E-state index is 0.0315. The van der Waals surface area contributed by atoms with E-state index < -0.39 is 11.5 Å². The van der Waals surface area contributed by atoms with Gasteiger partial charge >= 0.3 is 0 Å². The van der Waals surface area contributed by atoms with Crippen LogP contribution in [0.15, 0.2) is 30.3 Å². The second-order valence-corrected chi connectivity index (χ2v) is 8.16. The molecule has 2 fully saturated rings. The molecule has 2 aliphatic rings. The van der Waals surface area contributed by atoms with E-state index in [9.17, 15) is 9.90 Å². The van der Waals surface area contributed by atoms with Crippen LogP contribution in [0.5, 0.6) is 0 Å². The van der Waals surface area contributed by atoms with Gasteiger partial charge in [0.1, 0.15) is 0 Å². The number of hydrogen-bond acceptors (Lipinski definition) is 3. The molecule has 1 aliphatic carbocycles. The van der Waals surface area contributed by atoms with Gasteiger partial charge in [-0.05, 0) is 49.9 Å². The standard InChI is InChI=1S/C20H24ClN3O2/c1-13-9-17(23-22-13)10-14-11-24(12-18(14)25)19(26)20(7-2-8-20)15-3-5-16(21)6-4-15/h3-6,9,14,18,25H,2,7-8,10-12H2,1H3,(H,22,23)/t14-,18-/m1/s1. The lowest BCUT2D eigenvalue weighted by Gasteiger charge is -2.43. The highest BCUT2D eigenvalue weighted by Gasteiger charge is 2.49. The van der Waals surface area contributed by atoms with E-state index in [-0.39, 0.29) is 11.8 Å². The Labute approximate surface area is 158 Å². The van der Waals surface area contributed by atoms with Crippen LogP contribution in [0.3, 0.4) is 0 Å². The SMILES string of the molecule is Cc1cc(C[C@@H]2CN(C(=O)C3(c4ccc(Cl)cc4)CCC3)C[C@H]2O)n[nH]1. The first-order valence-corrected chi connectivity index (χ1v) is 9.60. The lowest BCUT2D eigenvalue weighted by Crippen LogP contribution is -2.50. The number of aliphatic hydroxyl groups is 1. The van der Waals surface area contributed by atoms with Crippen molar-refractivity contribution in [1.82, 2.24) is 15.1 Å². The van der Waals surface area contributed by atoms with Crippen LogP contribution in [0, 0.1) is 12.8 Å². The minimum Gasteiger partial charge on any atom is -0.391 e. The highest BCUT2D eigenvalue weighted by atomic mass is 35.5. The van der Waals surface area contributed by atoms with Crippen LogP contribution in [0.1, 0.15) is 36.2 Å². The molecule has 1 aliphatic heterocycles. The normalized spacial score (nSPS) is 24.5. The number of H-pyrrole nitrogens is 1. The van der Waals surface area contributed by atoms with Crippen molar-refractivity contribution in [3.8, 4) is 0 Å². The number of aryl methyl sites for hydroxylation is 1. The van der Waals surface area contributed by atoms with Crippen LogP contribution in [-0.2, 0) is 16.6 Å². The zero-order valence-electron chi connectivity index (χ0n) is 14.9. The predicted octanol–water partition coefficient (Wildman–Crippen LogP) is 2.86. The molecule has 1 saturated carbocycles. The van der Waals surface area contributed by atoms with Crippen LogP contribution < -0.4 is 0 Å². The monoisotopic (exact) mass is 373 g/mol. The first kappa shape index (κ1) is 17.6. The van der Waals surface area contributed by atoms with Gasteiger partial charge < -0.3 is 10.0 Å². The predicted molar refractivity (Wildman–Crippen MR) is 100 cm³/mol. The van der Waals surface area contributed by atoms with Crippen LogP contribution >= 0.6 is 11.6 Å². The quantitative estimate of drug-likeness (QED) is 0.865. The van der Waals surface area contributed by atoms with Crippen molar-refractivity contribution in [3.63, 3.8) is 0 Å². The van der Waals surface area contributed by atoms with Crippen molar-refractivity contribution >= 4 is 17.5 Å². The zero-order valence-corrected chi connectivity index (χ0v) is 15.7. The number of carbonyl (C=O) groups is 1. The summed E-state index contributed by atoms with van der Waals surface area (Å²) < 4.78 is 0. The Balaban J connectivity index is 1.50. The van der Waals surface area contributed by atoms with Crippen molar-refractivity contribution in [2.75, 3.05) is 13.1 Å². The lowest BCUT2D eigenvalue weighted by molar-refractivity contribution is -0.140. The molecule has 0 unspecified atom stereocenters. The molecule has 26 heavy (non-hydrogen) atoms. The number of carbonyl (C=O) groups excluding carboxylic acids is 1. The number of β-amino-alcohol motifs (C(OH)–C–C–N with tert-alkyl or cyclic N) is 1. The largest absolute Gasteiger partial charge is 0.391 e. The van der Waals surface area contributed by atoms with Crippen molar-refractivity contribution < 1.29 is 9.90 Å². The van der Waals surface area contributed by atoms with E-state index in [1.807, 2.05) is 42.2 Å². The molecule has 1 aromatic carbocycles. The molecule has 1 aromatic heterocycles. The van der Waals surface area contributed by atoms with Gasteiger partial charge in [-0.2, -0.15) is 5.10 Å². The molecular weight excluding hydrogens is 350 g/mol. The van der Waals surface area contributed by atoms with Crippen molar-refractivity contribution in [2.24, 2.45) is 5.92 Å². The number of rotatable bonds is 4. The van der Waals surface area contributed by atoms with Crippen molar-refractivity contribution in [2.45, 2.75) is 44.1 Å². The lowest BCUT2D eigenvalue weighted by atomic mass is 9.63. The van der Waals surface area contributed by atoms with Crippen LogP contribution in [-0.4, -0.2) is 45.3 Å². The molecule has 0 spiro atoms. The van der Waals surface area contributed by atoms with E-state index in [4.69, 9.17) is 11.6 Å². The van der Waals surface area contributed by atoms with Gasteiger partial charge in [-0.1, -0.05) is 30.2 Å². The average Bonchev–Trinajstić information content (AvgIpc) is 3.14. The fourth-order valence-corrected chi connectivity index (χ4v) is 4.42. The second-order valence-electron chi connectivity index (χ2n) is 7.73. The Bertz CT molecular complexity index is 798. The summed E-state index contributed by atoms with van der Waals surface area (Å²) in [7, 11) is 0. The fourth-order valence-electron chi connectivity index (χ4n) is 4.30. The first-order chi connectivity index (χ1) is 12.5. The molecule has 1 amide bonds. The summed E-state index contributed by atoms with van der Waals surface area (Å²) in [6.07, 6.45) is 2.97. The van der Waals surface area contributed by atoms with Crippen molar-refractivity contribution in [3.05, 3.63) is 52.3 Å². The summed E-state index contributed by atoms with van der Waals surface area (Å²) in [4.78, 5) is 15.2. The number of benzene rings is 1. The van der Waals surface area contributed by atoms with Gasteiger partial charge in [-0.3, -0.25) is 9.89 Å². The molecule has 2 aromatic rings. The Morgan fingerprint density at radius 3 is 2.65 bits per heavy atom. The summed E-state index contributed by atoms with van der Waals surface area (Å²) >= 11 is 6.01. The van der Waals surface area contributed by atoms with Gasteiger partial charge in [0.2, 0.25) is 5.91 Å².